The Balaban J connectivity index is 1.22. The minimum atomic E-state index is -0.360. The number of likely N-dealkylation sites (N-methyl/N-ethyl adjacent to an activating group) is 1. The highest BCUT2D eigenvalue weighted by molar-refractivity contribution is 5.92. The summed E-state index contributed by atoms with van der Waals surface area (Å²) >= 11 is 0. The summed E-state index contributed by atoms with van der Waals surface area (Å²) < 4.78 is 0. The molecule has 1 aromatic rings. The van der Waals surface area contributed by atoms with Crippen molar-refractivity contribution in [2.75, 3.05) is 26.7 Å². The standard InChI is InChI=1S/C24H34N4O2/c1-26(19-8-5-9-19)20-14-21-23(30)25-24(15-22(29)28(21)17-20)10-12-27(13-11-24)16-18-6-3-2-4-7-18/h2-4,6-7,19-21H,5,8-17H2,1H3,(H,25,30)/t20-,21-/m0/s1. The molecule has 0 unspecified atom stereocenters. The third kappa shape index (κ3) is 3.76. The molecule has 1 spiro atoms. The number of carbonyl (C=O) groups excluding carboxylic acids is 2. The van der Waals surface area contributed by atoms with E-state index in [1.807, 2.05) is 11.0 Å². The molecular weight excluding hydrogens is 376 g/mol. The molecule has 5 rings (SSSR count). The van der Waals surface area contributed by atoms with E-state index in [-0.39, 0.29) is 23.4 Å². The average Bonchev–Trinajstić information content (AvgIpc) is 3.12. The van der Waals surface area contributed by atoms with Gasteiger partial charge in [-0.2, -0.15) is 0 Å². The largest absolute Gasteiger partial charge is 0.348 e. The lowest BCUT2D eigenvalue weighted by molar-refractivity contribution is -0.135. The first-order chi connectivity index (χ1) is 14.5. The molecule has 3 heterocycles. The predicted octanol–water partition coefficient (Wildman–Crippen LogP) is 1.99. The topological polar surface area (TPSA) is 55.9 Å². The normalized spacial score (nSPS) is 29.6. The van der Waals surface area contributed by atoms with Crippen molar-refractivity contribution in [2.24, 2.45) is 0 Å². The smallest absolute Gasteiger partial charge is 0.243 e. The molecule has 4 fully saturated rings. The summed E-state index contributed by atoms with van der Waals surface area (Å²) in [6.07, 6.45) is 6.74. The second-order valence-corrected chi connectivity index (χ2v) is 9.91. The lowest BCUT2D eigenvalue weighted by Crippen LogP contribution is -2.56. The van der Waals surface area contributed by atoms with E-state index in [0.717, 1.165) is 38.9 Å². The number of rotatable bonds is 4. The number of piperidine rings is 1. The maximum atomic E-state index is 13.2. The van der Waals surface area contributed by atoms with Crippen LogP contribution in [0.4, 0.5) is 0 Å². The zero-order chi connectivity index (χ0) is 20.7. The fourth-order valence-corrected chi connectivity index (χ4v) is 5.79. The summed E-state index contributed by atoms with van der Waals surface area (Å²) in [4.78, 5) is 33.1. The number of benzene rings is 1. The number of carbonyl (C=O) groups is 2. The fourth-order valence-electron chi connectivity index (χ4n) is 5.79. The average molecular weight is 411 g/mol. The zero-order valence-electron chi connectivity index (χ0n) is 18.1. The van der Waals surface area contributed by atoms with Crippen molar-refractivity contribution in [1.82, 2.24) is 20.0 Å². The van der Waals surface area contributed by atoms with Crippen molar-refractivity contribution in [2.45, 2.75) is 75.2 Å². The Hall–Kier alpha value is -1.92. The van der Waals surface area contributed by atoms with Gasteiger partial charge in [0.25, 0.3) is 0 Å². The van der Waals surface area contributed by atoms with Gasteiger partial charge in [-0.15, -0.1) is 0 Å². The van der Waals surface area contributed by atoms with E-state index in [0.29, 0.717) is 25.0 Å². The quantitative estimate of drug-likeness (QED) is 0.825. The van der Waals surface area contributed by atoms with Crippen LogP contribution in [0, 0.1) is 0 Å². The Bertz CT molecular complexity index is 758. The number of nitrogens with one attached hydrogen (secondary N) is 1. The predicted molar refractivity (Wildman–Crippen MR) is 116 cm³/mol. The van der Waals surface area contributed by atoms with Gasteiger partial charge < -0.3 is 10.2 Å². The van der Waals surface area contributed by atoms with Crippen LogP contribution in [0.1, 0.15) is 50.5 Å². The fraction of sp³-hybridized carbons (Fsp3) is 0.667. The van der Waals surface area contributed by atoms with Crippen molar-refractivity contribution in [1.29, 1.82) is 0 Å². The van der Waals surface area contributed by atoms with E-state index in [2.05, 4.69) is 46.4 Å². The highest BCUT2D eigenvalue weighted by atomic mass is 16.2. The number of hydrogen-bond acceptors (Lipinski definition) is 4. The molecule has 1 saturated carbocycles. The Morgan fingerprint density at radius 1 is 1.10 bits per heavy atom. The van der Waals surface area contributed by atoms with E-state index in [1.54, 1.807) is 0 Å². The van der Waals surface area contributed by atoms with Gasteiger partial charge in [0, 0.05) is 38.3 Å². The lowest BCUT2D eigenvalue weighted by Gasteiger charge is -2.41. The highest BCUT2D eigenvalue weighted by Gasteiger charge is 2.50. The molecule has 162 valence electrons. The maximum absolute atomic E-state index is 13.2. The molecule has 3 saturated heterocycles. The second kappa shape index (κ2) is 7.97. The zero-order valence-corrected chi connectivity index (χ0v) is 18.1. The third-order valence-electron chi connectivity index (χ3n) is 8.07. The summed E-state index contributed by atoms with van der Waals surface area (Å²) in [5, 5.41) is 3.35. The molecule has 6 heteroatoms. The molecule has 0 aromatic heterocycles. The van der Waals surface area contributed by atoms with Gasteiger partial charge in [-0.05, 0) is 44.7 Å². The Morgan fingerprint density at radius 3 is 2.50 bits per heavy atom. The highest BCUT2D eigenvalue weighted by Crippen LogP contribution is 2.35. The van der Waals surface area contributed by atoms with Crippen LogP contribution in [-0.4, -0.2) is 76.9 Å². The Labute approximate surface area is 179 Å². The molecule has 30 heavy (non-hydrogen) atoms. The van der Waals surface area contributed by atoms with Gasteiger partial charge in [0.15, 0.2) is 0 Å². The molecule has 1 aromatic carbocycles. The molecule has 0 bridgehead atoms. The van der Waals surface area contributed by atoms with Crippen LogP contribution in [0.2, 0.25) is 0 Å². The summed E-state index contributed by atoms with van der Waals surface area (Å²) in [7, 11) is 2.17. The van der Waals surface area contributed by atoms with Crippen LogP contribution in [-0.2, 0) is 16.1 Å². The number of amides is 2. The lowest BCUT2D eigenvalue weighted by atomic mass is 9.83. The molecule has 2 amide bonds. The molecule has 3 aliphatic heterocycles. The first-order valence-corrected chi connectivity index (χ1v) is 11.6. The minimum absolute atomic E-state index is 0.0712. The number of nitrogens with zero attached hydrogens (tertiary/aromatic N) is 3. The molecule has 4 aliphatic rings. The van der Waals surface area contributed by atoms with Gasteiger partial charge in [0.05, 0.1) is 12.0 Å². The maximum Gasteiger partial charge on any atom is 0.243 e. The van der Waals surface area contributed by atoms with Crippen molar-refractivity contribution >= 4 is 11.8 Å². The first-order valence-electron chi connectivity index (χ1n) is 11.6. The summed E-state index contributed by atoms with van der Waals surface area (Å²) in [6.45, 7) is 3.48. The van der Waals surface area contributed by atoms with E-state index in [1.165, 1.54) is 24.8 Å². The van der Waals surface area contributed by atoms with Gasteiger partial charge in [-0.25, -0.2) is 0 Å². The van der Waals surface area contributed by atoms with Crippen molar-refractivity contribution in [3.8, 4) is 0 Å². The number of fused-ring (bicyclic) bond motifs is 1. The second-order valence-electron chi connectivity index (χ2n) is 9.91. The molecular formula is C24H34N4O2. The Kier molecular flexibility index (Phi) is 5.31. The van der Waals surface area contributed by atoms with Crippen LogP contribution < -0.4 is 5.32 Å². The van der Waals surface area contributed by atoms with Crippen molar-refractivity contribution in [3.05, 3.63) is 35.9 Å². The van der Waals surface area contributed by atoms with E-state index in [4.69, 9.17) is 0 Å². The number of hydrogen-bond donors (Lipinski definition) is 1. The van der Waals surface area contributed by atoms with Crippen LogP contribution in [0.5, 0.6) is 0 Å². The van der Waals surface area contributed by atoms with Crippen molar-refractivity contribution in [3.63, 3.8) is 0 Å². The van der Waals surface area contributed by atoms with Gasteiger partial charge >= 0.3 is 0 Å². The third-order valence-corrected chi connectivity index (χ3v) is 8.07. The van der Waals surface area contributed by atoms with Crippen LogP contribution in [0.25, 0.3) is 0 Å². The molecule has 6 nitrogen and oxygen atoms in total. The van der Waals surface area contributed by atoms with Crippen LogP contribution in [0.15, 0.2) is 30.3 Å². The number of likely N-dealkylation sites (tertiary alicyclic amines) is 1. The van der Waals surface area contributed by atoms with Gasteiger partial charge in [-0.1, -0.05) is 36.8 Å². The SMILES string of the molecule is CN(C1CCC1)[C@H]1C[C@H]2C(=O)NC3(CCN(Cc4ccccc4)CC3)CC(=O)N2C1. The summed E-state index contributed by atoms with van der Waals surface area (Å²) in [5.74, 6) is 0.237. The minimum Gasteiger partial charge on any atom is -0.348 e. The van der Waals surface area contributed by atoms with Crippen LogP contribution >= 0.6 is 0 Å². The van der Waals surface area contributed by atoms with Crippen LogP contribution in [0.3, 0.4) is 0 Å². The summed E-state index contributed by atoms with van der Waals surface area (Å²) in [5.41, 5.74) is 0.956. The van der Waals surface area contributed by atoms with Crippen molar-refractivity contribution < 1.29 is 9.59 Å². The van der Waals surface area contributed by atoms with Gasteiger partial charge in [0.1, 0.15) is 6.04 Å². The molecule has 0 radical (unpaired) electrons. The van der Waals surface area contributed by atoms with E-state index >= 15 is 0 Å². The molecule has 1 aliphatic carbocycles. The summed E-state index contributed by atoms with van der Waals surface area (Å²) in [6, 6.07) is 11.2. The molecule has 2 atom stereocenters. The van der Waals surface area contributed by atoms with E-state index < -0.39 is 0 Å². The first kappa shape index (κ1) is 20.0. The monoisotopic (exact) mass is 410 g/mol. The van der Waals surface area contributed by atoms with Gasteiger partial charge in [-0.3, -0.25) is 19.4 Å². The molecule has 1 N–H and O–H groups in total. The Morgan fingerprint density at radius 2 is 1.83 bits per heavy atom. The van der Waals surface area contributed by atoms with E-state index in [9.17, 15) is 9.59 Å². The van der Waals surface area contributed by atoms with Gasteiger partial charge in [0.2, 0.25) is 11.8 Å².